The second kappa shape index (κ2) is 6.56. The van der Waals surface area contributed by atoms with Gasteiger partial charge in [0.05, 0.1) is 0 Å². The van der Waals surface area contributed by atoms with Crippen LogP contribution < -0.4 is 10.5 Å². The van der Waals surface area contributed by atoms with Gasteiger partial charge in [0.25, 0.3) is 0 Å². The minimum atomic E-state index is -4.51. The van der Waals surface area contributed by atoms with Crippen molar-refractivity contribution in [3.63, 3.8) is 0 Å². The summed E-state index contributed by atoms with van der Waals surface area (Å²) in [5, 5.41) is 0. The highest BCUT2D eigenvalue weighted by atomic mass is 19.3. The molecule has 106 valence electrons. The Kier molecular flexibility index (Phi) is 5.35. The summed E-state index contributed by atoms with van der Waals surface area (Å²) in [6, 6.07) is 5.09. The van der Waals surface area contributed by atoms with Crippen LogP contribution in [0.3, 0.4) is 0 Å². The van der Waals surface area contributed by atoms with Crippen molar-refractivity contribution in [3.05, 3.63) is 42.5 Å². The molecule has 0 aromatic heterocycles. The molecule has 0 saturated heterocycles. The summed E-state index contributed by atoms with van der Waals surface area (Å²) in [6.45, 7) is 3.55. The molecular formula is C13H15F4NO. The van der Waals surface area contributed by atoms with Crippen molar-refractivity contribution < 1.29 is 22.3 Å². The standard InChI is InChI=1S/C13H15F4NO/c1-2-3-7-11(18)9-5-4-6-10(8-9)19-13(16,17)12(14)15/h2,4-6,8,11-12H,1,3,7,18H2/t11-/m0/s1. The Labute approximate surface area is 108 Å². The molecule has 0 heterocycles. The lowest BCUT2D eigenvalue weighted by molar-refractivity contribution is -0.253. The van der Waals surface area contributed by atoms with Gasteiger partial charge in [0.1, 0.15) is 5.75 Å². The first kappa shape index (κ1) is 15.5. The Bertz CT molecular complexity index is 423. The molecule has 0 spiro atoms. The van der Waals surface area contributed by atoms with Gasteiger partial charge < -0.3 is 10.5 Å². The summed E-state index contributed by atoms with van der Waals surface area (Å²) in [5.74, 6) is -0.336. The molecule has 2 nitrogen and oxygen atoms in total. The zero-order valence-electron chi connectivity index (χ0n) is 10.2. The maximum Gasteiger partial charge on any atom is 0.461 e. The van der Waals surface area contributed by atoms with E-state index in [9.17, 15) is 17.6 Å². The van der Waals surface area contributed by atoms with Crippen LogP contribution in [0.4, 0.5) is 17.6 Å². The van der Waals surface area contributed by atoms with Gasteiger partial charge in [0.15, 0.2) is 0 Å². The first-order valence-electron chi connectivity index (χ1n) is 5.68. The second-order valence-electron chi connectivity index (χ2n) is 4.01. The van der Waals surface area contributed by atoms with Crippen LogP contribution in [0.15, 0.2) is 36.9 Å². The third kappa shape index (κ3) is 4.55. The Morgan fingerprint density at radius 1 is 1.37 bits per heavy atom. The van der Waals surface area contributed by atoms with E-state index in [4.69, 9.17) is 5.73 Å². The summed E-state index contributed by atoms with van der Waals surface area (Å²) in [5.41, 5.74) is 6.38. The molecule has 1 rings (SSSR count). The molecule has 6 heteroatoms. The smallest absolute Gasteiger partial charge is 0.428 e. The predicted octanol–water partition coefficient (Wildman–Crippen LogP) is 3.89. The topological polar surface area (TPSA) is 35.2 Å². The summed E-state index contributed by atoms with van der Waals surface area (Å²) >= 11 is 0. The van der Waals surface area contributed by atoms with E-state index in [2.05, 4.69) is 11.3 Å². The van der Waals surface area contributed by atoms with E-state index in [0.29, 0.717) is 18.4 Å². The molecule has 0 fully saturated rings. The molecule has 2 N–H and O–H groups in total. The van der Waals surface area contributed by atoms with Crippen molar-refractivity contribution in [2.45, 2.75) is 31.4 Å². The molecule has 1 atom stereocenters. The minimum absolute atomic E-state index is 0.336. The lowest BCUT2D eigenvalue weighted by atomic mass is 10.0. The van der Waals surface area contributed by atoms with Crippen LogP contribution >= 0.6 is 0 Å². The summed E-state index contributed by atoms with van der Waals surface area (Å²) in [4.78, 5) is 0. The van der Waals surface area contributed by atoms with E-state index in [0.717, 1.165) is 0 Å². The van der Waals surface area contributed by atoms with Gasteiger partial charge >= 0.3 is 12.5 Å². The lowest BCUT2D eigenvalue weighted by Crippen LogP contribution is -2.33. The third-order valence-electron chi connectivity index (χ3n) is 2.48. The van der Waals surface area contributed by atoms with Gasteiger partial charge in [0.2, 0.25) is 0 Å². The van der Waals surface area contributed by atoms with Crippen LogP contribution in [0.1, 0.15) is 24.4 Å². The zero-order chi connectivity index (χ0) is 14.5. The van der Waals surface area contributed by atoms with Crippen LogP contribution in [0, 0.1) is 0 Å². The van der Waals surface area contributed by atoms with Crippen LogP contribution in [0.2, 0.25) is 0 Å². The van der Waals surface area contributed by atoms with Gasteiger partial charge in [-0.05, 0) is 30.5 Å². The number of nitrogens with two attached hydrogens (primary N) is 1. The van der Waals surface area contributed by atoms with Crippen molar-refractivity contribution >= 4 is 0 Å². The Morgan fingerprint density at radius 2 is 2.05 bits per heavy atom. The molecule has 0 radical (unpaired) electrons. The number of hydrogen-bond acceptors (Lipinski definition) is 2. The largest absolute Gasteiger partial charge is 0.461 e. The quantitative estimate of drug-likeness (QED) is 0.606. The van der Waals surface area contributed by atoms with Crippen molar-refractivity contribution in [1.29, 1.82) is 0 Å². The molecule has 1 aromatic carbocycles. The number of rotatable bonds is 7. The highest BCUT2D eigenvalue weighted by Crippen LogP contribution is 2.29. The fraction of sp³-hybridized carbons (Fsp3) is 0.385. The number of halogens is 4. The summed E-state index contributed by atoms with van der Waals surface area (Å²) in [7, 11) is 0. The number of allylic oxidation sites excluding steroid dienone is 1. The molecule has 0 aliphatic rings. The third-order valence-corrected chi connectivity index (χ3v) is 2.48. The van der Waals surface area contributed by atoms with E-state index in [1.54, 1.807) is 12.1 Å². The van der Waals surface area contributed by atoms with Gasteiger partial charge in [-0.3, -0.25) is 0 Å². The van der Waals surface area contributed by atoms with Crippen molar-refractivity contribution in [2.24, 2.45) is 5.73 Å². The van der Waals surface area contributed by atoms with Crippen LogP contribution in [0.5, 0.6) is 5.75 Å². The summed E-state index contributed by atoms with van der Waals surface area (Å²) in [6.07, 6.45) is -5.46. The van der Waals surface area contributed by atoms with E-state index in [1.165, 1.54) is 18.2 Å². The first-order chi connectivity index (χ1) is 8.86. The van der Waals surface area contributed by atoms with E-state index < -0.39 is 12.5 Å². The maximum absolute atomic E-state index is 12.8. The Morgan fingerprint density at radius 3 is 2.63 bits per heavy atom. The van der Waals surface area contributed by atoms with Gasteiger partial charge in [0, 0.05) is 6.04 Å². The normalized spacial score (nSPS) is 13.4. The molecule has 0 aliphatic heterocycles. The minimum Gasteiger partial charge on any atom is -0.428 e. The molecule has 0 amide bonds. The molecule has 0 saturated carbocycles. The van der Waals surface area contributed by atoms with Gasteiger partial charge in [-0.15, -0.1) is 6.58 Å². The molecule has 0 unspecified atom stereocenters. The highest BCUT2D eigenvalue weighted by Gasteiger charge is 2.43. The Balaban J connectivity index is 2.79. The van der Waals surface area contributed by atoms with Gasteiger partial charge in [-0.1, -0.05) is 18.2 Å². The predicted molar refractivity (Wildman–Crippen MR) is 64.4 cm³/mol. The SMILES string of the molecule is C=CCC[C@H](N)c1cccc(OC(F)(F)C(F)F)c1. The fourth-order valence-electron chi connectivity index (χ4n) is 1.47. The summed E-state index contributed by atoms with van der Waals surface area (Å²) < 4.78 is 53.5. The van der Waals surface area contributed by atoms with Gasteiger partial charge in [-0.2, -0.15) is 17.6 Å². The Hall–Kier alpha value is -1.56. The second-order valence-corrected chi connectivity index (χ2v) is 4.01. The molecule has 0 aliphatic carbocycles. The van der Waals surface area contributed by atoms with Crippen LogP contribution in [0.25, 0.3) is 0 Å². The van der Waals surface area contributed by atoms with E-state index in [-0.39, 0.29) is 11.8 Å². The molecular weight excluding hydrogens is 262 g/mol. The molecule has 19 heavy (non-hydrogen) atoms. The maximum atomic E-state index is 12.8. The number of benzene rings is 1. The fourth-order valence-corrected chi connectivity index (χ4v) is 1.47. The number of hydrogen-bond donors (Lipinski definition) is 1. The van der Waals surface area contributed by atoms with E-state index >= 15 is 0 Å². The molecule has 1 aromatic rings. The molecule has 0 bridgehead atoms. The monoisotopic (exact) mass is 277 g/mol. The van der Waals surface area contributed by atoms with Crippen LogP contribution in [-0.4, -0.2) is 12.5 Å². The van der Waals surface area contributed by atoms with E-state index in [1.807, 2.05) is 0 Å². The lowest BCUT2D eigenvalue weighted by Gasteiger charge is -2.18. The van der Waals surface area contributed by atoms with Gasteiger partial charge in [-0.25, -0.2) is 0 Å². The van der Waals surface area contributed by atoms with Crippen LogP contribution in [-0.2, 0) is 0 Å². The highest BCUT2D eigenvalue weighted by molar-refractivity contribution is 5.30. The number of alkyl halides is 4. The number of ether oxygens (including phenoxy) is 1. The van der Waals surface area contributed by atoms with Crippen molar-refractivity contribution in [1.82, 2.24) is 0 Å². The van der Waals surface area contributed by atoms with Crippen molar-refractivity contribution in [2.75, 3.05) is 0 Å². The zero-order valence-corrected chi connectivity index (χ0v) is 10.2. The average molecular weight is 277 g/mol. The first-order valence-corrected chi connectivity index (χ1v) is 5.68. The average Bonchev–Trinajstić information content (AvgIpc) is 2.35. The van der Waals surface area contributed by atoms with Crippen molar-refractivity contribution in [3.8, 4) is 5.75 Å².